The maximum absolute atomic E-state index is 5.90. The molecule has 0 bridgehead atoms. The molecule has 84 valence electrons. The Hall–Kier alpha value is -0.980. The van der Waals surface area contributed by atoms with Crippen LogP contribution < -0.4 is 4.74 Å². The van der Waals surface area contributed by atoms with Crippen molar-refractivity contribution in [1.29, 1.82) is 0 Å². The van der Waals surface area contributed by atoms with Crippen LogP contribution in [0.5, 0.6) is 5.75 Å². The molecule has 1 nitrogen and oxygen atoms in total. The number of benzene rings is 1. The summed E-state index contributed by atoms with van der Waals surface area (Å²) in [6.45, 7) is 12.9. The Labute approximate surface area is 93.5 Å². The van der Waals surface area contributed by atoms with Gasteiger partial charge in [-0.1, -0.05) is 39.0 Å². The second-order valence-corrected chi connectivity index (χ2v) is 5.37. The maximum Gasteiger partial charge on any atom is 0.126 e. The highest BCUT2D eigenvalue weighted by Gasteiger charge is 2.20. The van der Waals surface area contributed by atoms with Gasteiger partial charge in [-0.3, -0.25) is 0 Å². The summed E-state index contributed by atoms with van der Waals surface area (Å²) in [5.74, 6) is 1.06. The molecule has 0 heterocycles. The Kier molecular flexibility index (Phi) is 3.43. The zero-order valence-electron chi connectivity index (χ0n) is 10.7. The second-order valence-electron chi connectivity index (χ2n) is 5.37. The Balaban J connectivity index is 3.21. The minimum absolute atomic E-state index is 0.135. The van der Waals surface area contributed by atoms with E-state index in [1.54, 1.807) is 0 Å². The highest BCUT2D eigenvalue weighted by molar-refractivity contribution is 5.44. The molecule has 0 saturated carbocycles. The SMILES string of the molecule is Cc1cccc(C(C)(C)C)c1OC(C)C. The molecule has 0 aliphatic carbocycles. The molecule has 0 saturated heterocycles. The minimum Gasteiger partial charge on any atom is -0.490 e. The Morgan fingerprint density at radius 3 is 2.20 bits per heavy atom. The van der Waals surface area contributed by atoms with Gasteiger partial charge in [-0.25, -0.2) is 0 Å². The highest BCUT2D eigenvalue weighted by Crippen LogP contribution is 2.34. The van der Waals surface area contributed by atoms with Crippen molar-refractivity contribution in [3.8, 4) is 5.75 Å². The van der Waals surface area contributed by atoms with Crippen LogP contribution >= 0.6 is 0 Å². The summed E-state index contributed by atoms with van der Waals surface area (Å²) in [7, 11) is 0. The lowest BCUT2D eigenvalue weighted by Crippen LogP contribution is -2.16. The number of rotatable bonds is 2. The van der Waals surface area contributed by atoms with Crippen LogP contribution in [0.3, 0.4) is 0 Å². The quantitative estimate of drug-likeness (QED) is 0.708. The molecule has 1 heteroatoms. The van der Waals surface area contributed by atoms with Gasteiger partial charge in [-0.05, 0) is 37.3 Å². The van der Waals surface area contributed by atoms with Crippen molar-refractivity contribution >= 4 is 0 Å². The van der Waals surface area contributed by atoms with Gasteiger partial charge < -0.3 is 4.74 Å². The van der Waals surface area contributed by atoms with Crippen LogP contribution in [0.1, 0.15) is 45.7 Å². The van der Waals surface area contributed by atoms with Gasteiger partial charge in [-0.2, -0.15) is 0 Å². The molecule has 1 rings (SSSR count). The lowest BCUT2D eigenvalue weighted by atomic mass is 9.85. The van der Waals surface area contributed by atoms with Crippen molar-refractivity contribution in [2.24, 2.45) is 0 Å². The Morgan fingerprint density at radius 1 is 1.13 bits per heavy atom. The van der Waals surface area contributed by atoms with Gasteiger partial charge in [0.15, 0.2) is 0 Å². The number of aryl methyl sites for hydroxylation is 1. The van der Waals surface area contributed by atoms with Crippen molar-refractivity contribution in [2.75, 3.05) is 0 Å². The first kappa shape index (κ1) is 12.1. The van der Waals surface area contributed by atoms with Crippen molar-refractivity contribution in [3.05, 3.63) is 29.3 Å². The molecule has 0 radical (unpaired) electrons. The molecule has 0 spiro atoms. The third-order valence-corrected chi connectivity index (χ3v) is 2.37. The summed E-state index contributed by atoms with van der Waals surface area (Å²) in [5.41, 5.74) is 2.64. The van der Waals surface area contributed by atoms with Crippen molar-refractivity contribution < 1.29 is 4.74 Å². The standard InChI is InChI=1S/C14H22O/c1-10(2)15-13-11(3)8-7-9-12(13)14(4,5)6/h7-10H,1-6H3. The fraction of sp³-hybridized carbons (Fsp3) is 0.571. The van der Waals surface area contributed by atoms with E-state index in [0.29, 0.717) is 0 Å². The lowest BCUT2D eigenvalue weighted by molar-refractivity contribution is 0.235. The Bertz CT molecular complexity index is 332. The molecule has 0 unspecified atom stereocenters. The van der Waals surface area contributed by atoms with Crippen LogP contribution in [0.25, 0.3) is 0 Å². The molecule has 0 aromatic heterocycles. The van der Waals surface area contributed by atoms with Crippen molar-refractivity contribution in [1.82, 2.24) is 0 Å². The van der Waals surface area contributed by atoms with Crippen LogP contribution in [0.15, 0.2) is 18.2 Å². The Morgan fingerprint density at radius 2 is 1.73 bits per heavy atom. The van der Waals surface area contributed by atoms with E-state index in [1.807, 2.05) is 0 Å². The monoisotopic (exact) mass is 206 g/mol. The second kappa shape index (κ2) is 4.26. The van der Waals surface area contributed by atoms with E-state index in [9.17, 15) is 0 Å². The first-order chi connectivity index (χ1) is 6.82. The largest absolute Gasteiger partial charge is 0.490 e. The third-order valence-electron chi connectivity index (χ3n) is 2.37. The summed E-state index contributed by atoms with van der Waals surface area (Å²) >= 11 is 0. The molecule has 0 amide bonds. The molecule has 0 atom stereocenters. The summed E-state index contributed by atoms with van der Waals surface area (Å²) in [4.78, 5) is 0. The normalized spacial score (nSPS) is 11.9. The fourth-order valence-corrected chi connectivity index (χ4v) is 1.64. The molecule has 15 heavy (non-hydrogen) atoms. The van der Waals surface area contributed by atoms with Crippen LogP contribution in [-0.2, 0) is 5.41 Å². The molecular weight excluding hydrogens is 184 g/mol. The molecule has 0 aliphatic rings. The zero-order valence-corrected chi connectivity index (χ0v) is 10.7. The van der Waals surface area contributed by atoms with E-state index in [1.165, 1.54) is 11.1 Å². The maximum atomic E-state index is 5.90. The first-order valence-corrected chi connectivity index (χ1v) is 5.59. The van der Waals surface area contributed by atoms with Gasteiger partial charge in [0.2, 0.25) is 0 Å². The van der Waals surface area contributed by atoms with E-state index in [4.69, 9.17) is 4.74 Å². The third kappa shape index (κ3) is 2.98. The lowest BCUT2D eigenvalue weighted by Gasteiger charge is -2.25. The van der Waals surface area contributed by atoms with Gasteiger partial charge in [0.05, 0.1) is 6.10 Å². The highest BCUT2D eigenvalue weighted by atomic mass is 16.5. The first-order valence-electron chi connectivity index (χ1n) is 5.59. The number of hydrogen-bond acceptors (Lipinski definition) is 1. The van der Waals surface area contributed by atoms with E-state index >= 15 is 0 Å². The summed E-state index contributed by atoms with van der Waals surface area (Å²) < 4.78 is 5.90. The fourth-order valence-electron chi connectivity index (χ4n) is 1.64. The molecule has 1 aromatic rings. The number of hydrogen-bond donors (Lipinski definition) is 0. The predicted octanol–water partition coefficient (Wildman–Crippen LogP) is 4.08. The van der Waals surface area contributed by atoms with Crippen molar-refractivity contribution in [3.63, 3.8) is 0 Å². The molecule has 0 N–H and O–H groups in total. The molecule has 0 fully saturated rings. The summed E-state index contributed by atoms with van der Waals surface area (Å²) in [6, 6.07) is 6.36. The smallest absolute Gasteiger partial charge is 0.126 e. The van der Waals surface area contributed by atoms with Crippen LogP contribution in [0, 0.1) is 6.92 Å². The average molecular weight is 206 g/mol. The van der Waals surface area contributed by atoms with Crippen LogP contribution in [0.4, 0.5) is 0 Å². The van der Waals surface area contributed by atoms with Crippen LogP contribution in [-0.4, -0.2) is 6.10 Å². The molecule has 1 aromatic carbocycles. The van der Waals surface area contributed by atoms with Gasteiger partial charge >= 0.3 is 0 Å². The minimum atomic E-state index is 0.135. The van der Waals surface area contributed by atoms with E-state index < -0.39 is 0 Å². The number of para-hydroxylation sites is 1. The topological polar surface area (TPSA) is 9.23 Å². The van der Waals surface area contributed by atoms with Gasteiger partial charge in [0.1, 0.15) is 5.75 Å². The van der Waals surface area contributed by atoms with E-state index in [-0.39, 0.29) is 11.5 Å². The van der Waals surface area contributed by atoms with Gasteiger partial charge in [0.25, 0.3) is 0 Å². The van der Waals surface area contributed by atoms with Gasteiger partial charge in [0, 0.05) is 0 Å². The zero-order chi connectivity index (χ0) is 11.6. The van der Waals surface area contributed by atoms with E-state index in [0.717, 1.165) is 5.75 Å². The summed E-state index contributed by atoms with van der Waals surface area (Å²) in [6.07, 6.45) is 0.229. The summed E-state index contributed by atoms with van der Waals surface area (Å²) in [5, 5.41) is 0. The van der Waals surface area contributed by atoms with Crippen LogP contribution in [0.2, 0.25) is 0 Å². The van der Waals surface area contributed by atoms with Crippen molar-refractivity contribution in [2.45, 2.75) is 53.1 Å². The molecule has 0 aliphatic heterocycles. The molecular formula is C14H22O. The average Bonchev–Trinajstić information content (AvgIpc) is 2.05. The van der Waals surface area contributed by atoms with E-state index in [2.05, 4.69) is 59.7 Å². The predicted molar refractivity (Wildman–Crippen MR) is 65.6 cm³/mol. The number of ether oxygens (including phenoxy) is 1. The van der Waals surface area contributed by atoms with Gasteiger partial charge in [-0.15, -0.1) is 0 Å².